The molecule has 4 rings (SSSR count). The molecule has 1 aliphatic carbocycles. The zero-order chi connectivity index (χ0) is 31.9. The number of unbranched alkanes of at least 4 members (excludes halogenated alkanes) is 1. The van der Waals surface area contributed by atoms with Crippen molar-refractivity contribution in [1.82, 2.24) is 24.3 Å². The second-order valence-corrected chi connectivity index (χ2v) is 14.2. The van der Waals surface area contributed by atoms with Gasteiger partial charge >= 0.3 is 6.09 Å². The number of morpholine rings is 1. The Hall–Kier alpha value is -2.66. The number of hydrogen-bond donors (Lipinski definition) is 1. The maximum atomic E-state index is 14.6. The average molecular weight is 618 g/mol. The number of aliphatic hydroxyl groups excluding tert-OH is 1. The van der Waals surface area contributed by atoms with Gasteiger partial charge < -0.3 is 33.8 Å². The Balaban J connectivity index is 1.66. The monoisotopic (exact) mass is 617 g/mol. The Labute approximate surface area is 263 Å². The summed E-state index contributed by atoms with van der Waals surface area (Å²) in [5.41, 5.74) is -0.132. The van der Waals surface area contributed by atoms with E-state index in [0.29, 0.717) is 70.4 Å². The Morgan fingerprint density at radius 1 is 1.07 bits per heavy atom. The van der Waals surface area contributed by atoms with Crippen molar-refractivity contribution in [2.45, 2.75) is 110 Å². The number of ether oxygens (including phenoxy) is 2. The first-order chi connectivity index (χ1) is 21.0. The van der Waals surface area contributed by atoms with Gasteiger partial charge in [-0.25, -0.2) is 9.78 Å². The molecule has 1 aromatic rings. The van der Waals surface area contributed by atoms with Crippen LogP contribution in [0.15, 0.2) is 6.20 Å². The summed E-state index contributed by atoms with van der Waals surface area (Å²) in [6.45, 7) is 13.5. The number of hydrogen-bond acceptors (Lipinski definition) is 7. The lowest BCUT2D eigenvalue weighted by molar-refractivity contribution is -0.142. The molecular weight excluding hydrogens is 562 g/mol. The SMILES string of the molecule is CC(C)CN(C(=O)c1cnc(C2CCCCC2)n1CCCCO)[C@H]1C[C@@H](C(=O)N2CCOCC2)CN(C(=O)OC(C)(C)C)C1. The molecule has 3 aliphatic rings. The summed E-state index contributed by atoms with van der Waals surface area (Å²) in [7, 11) is 0. The Bertz CT molecular complexity index is 1100. The van der Waals surface area contributed by atoms with E-state index < -0.39 is 17.6 Å². The third kappa shape index (κ3) is 8.96. The summed E-state index contributed by atoms with van der Waals surface area (Å²) in [6.07, 6.45) is 8.84. The minimum atomic E-state index is -0.683. The first kappa shape index (κ1) is 34.2. The number of nitrogens with zero attached hydrogens (tertiary/aromatic N) is 5. The van der Waals surface area contributed by atoms with Crippen LogP contribution in [0.3, 0.4) is 0 Å². The number of imidazole rings is 1. The van der Waals surface area contributed by atoms with Gasteiger partial charge in [0.05, 0.1) is 31.4 Å². The van der Waals surface area contributed by atoms with Crippen molar-refractivity contribution in [2.75, 3.05) is 52.5 Å². The molecule has 1 saturated carbocycles. The lowest BCUT2D eigenvalue weighted by Gasteiger charge is -2.44. The van der Waals surface area contributed by atoms with E-state index >= 15 is 0 Å². The third-order valence-corrected chi connectivity index (χ3v) is 8.88. The van der Waals surface area contributed by atoms with Crippen molar-refractivity contribution >= 4 is 17.9 Å². The molecule has 3 fully saturated rings. The van der Waals surface area contributed by atoms with E-state index in [2.05, 4.69) is 18.4 Å². The standard InChI is InChI=1S/C33H55N5O6/c1-24(2)21-38(31(41)28-20-34-29(25-11-7-6-8-12-25)37(28)13-9-10-16-39)27-19-26(30(40)35-14-17-43-18-15-35)22-36(23-27)32(42)44-33(3,4)5/h20,24-27,39H,6-19,21-23H2,1-5H3/t26-,27+/m1/s1. The van der Waals surface area contributed by atoms with E-state index in [4.69, 9.17) is 14.5 Å². The number of carbonyl (C=O) groups excluding carboxylic acids is 3. The van der Waals surface area contributed by atoms with Crippen molar-refractivity contribution in [3.63, 3.8) is 0 Å². The first-order valence-electron chi connectivity index (χ1n) is 16.8. The summed E-state index contributed by atoms with van der Waals surface area (Å²) >= 11 is 0. The van der Waals surface area contributed by atoms with Gasteiger partial charge in [-0.3, -0.25) is 9.59 Å². The van der Waals surface area contributed by atoms with Crippen LogP contribution < -0.4 is 0 Å². The quantitative estimate of drug-likeness (QED) is 0.390. The van der Waals surface area contributed by atoms with Crippen LogP contribution in [0.1, 0.15) is 108 Å². The second-order valence-electron chi connectivity index (χ2n) is 14.2. The van der Waals surface area contributed by atoms with Gasteiger partial charge in [0.25, 0.3) is 5.91 Å². The predicted molar refractivity (Wildman–Crippen MR) is 167 cm³/mol. The molecule has 1 N–H and O–H groups in total. The summed E-state index contributed by atoms with van der Waals surface area (Å²) in [4.78, 5) is 51.9. The number of aromatic nitrogens is 2. The molecule has 3 heterocycles. The zero-order valence-electron chi connectivity index (χ0n) is 27.6. The van der Waals surface area contributed by atoms with E-state index in [0.717, 1.165) is 37.9 Å². The maximum absolute atomic E-state index is 14.6. The molecule has 0 radical (unpaired) electrons. The van der Waals surface area contributed by atoms with Gasteiger partial charge in [0.2, 0.25) is 5.91 Å². The van der Waals surface area contributed by atoms with Crippen LogP contribution in [-0.2, 0) is 20.8 Å². The molecule has 44 heavy (non-hydrogen) atoms. The number of amides is 3. The highest BCUT2D eigenvalue weighted by molar-refractivity contribution is 5.93. The molecule has 0 spiro atoms. The van der Waals surface area contributed by atoms with Gasteiger partial charge in [0.1, 0.15) is 17.1 Å². The highest BCUT2D eigenvalue weighted by Crippen LogP contribution is 2.33. The van der Waals surface area contributed by atoms with Crippen molar-refractivity contribution in [2.24, 2.45) is 11.8 Å². The number of likely N-dealkylation sites (tertiary alicyclic amines) is 1. The van der Waals surface area contributed by atoms with Crippen LogP contribution in [0.25, 0.3) is 0 Å². The zero-order valence-corrected chi connectivity index (χ0v) is 27.6. The number of aliphatic hydroxyl groups is 1. The molecule has 11 nitrogen and oxygen atoms in total. The highest BCUT2D eigenvalue weighted by atomic mass is 16.6. The van der Waals surface area contributed by atoms with E-state index in [1.165, 1.54) is 6.42 Å². The van der Waals surface area contributed by atoms with E-state index in [1.54, 1.807) is 11.1 Å². The molecule has 3 amide bonds. The molecule has 0 aromatic carbocycles. The van der Waals surface area contributed by atoms with Gasteiger partial charge in [0, 0.05) is 51.8 Å². The van der Waals surface area contributed by atoms with Crippen LogP contribution in [0, 0.1) is 11.8 Å². The van der Waals surface area contributed by atoms with Crippen LogP contribution in [-0.4, -0.2) is 111 Å². The van der Waals surface area contributed by atoms with E-state index in [1.807, 2.05) is 30.6 Å². The molecule has 0 bridgehead atoms. The first-order valence-corrected chi connectivity index (χ1v) is 16.8. The van der Waals surface area contributed by atoms with Crippen LogP contribution in [0.5, 0.6) is 0 Å². The number of rotatable bonds is 10. The fourth-order valence-corrected chi connectivity index (χ4v) is 6.80. The smallest absolute Gasteiger partial charge is 0.410 e. The topological polar surface area (TPSA) is 117 Å². The van der Waals surface area contributed by atoms with Crippen molar-refractivity contribution < 1.29 is 29.0 Å². The van der Waals surface area contributed by atoms with Crippen molar-refractivity contribution in [1.29, 1.82) is 0 Å². The molecule has 11 heteroatoms. The number of piperidine rings is 1. The predicted octanol–water partition coefficient (Wildman–Crippen LogP) is 4.29. The molecule has 0 unspecified atom stereocenters. The normalized spacial score (nSPS) is 21.9. The lowest BCUT2D eigenvalue weighted by atomic mass is 9.88. The molecule has 1 aromatic heterocycles. The molecule has 2 saturated heterocycles. The second kappa shape index (κ2) is 15.6. The third-order valence-electron chi connectivity index (χ3n) is 8.88. The van der Waals surface area contributed by atoms with Crippen molar-refractivity contribution in [3.05, 3.63) is 17.7 Å². The largest absolute Gasteiger partial charge is 0.444 e. The van der Waals surface area contributed by atoms with Gasteiger partial charge in [-0.05, 0) is 58.8 Å². The number of carbonyl (C=O) groups is 3. The average Bonchev–Trinajstić information content (AvgIpc) is 3.43. The fraction of sp³-hybridized carbons (Fsp3) is 0.818. The summed E-state index contributed by atoms with van der Waals surface area (Å²) < 4.78 is 13.3. The van der Waals surface area contributed by atoms with Crippen LogP contribution in [0.2, 0.25) is 0 Å². The van der Waals surface area contributed by atoms with Gasteiger partial charge in [0.15, 0.2) is 0 Å². The van der Waals surface area contributed by atoms with Gasteiger partial charge in [-0.15, -0.1) is 0 Å². The maximum Gasteiger partial charge on any atom is 0.410 e. The summed E-state index contributed by atoms with van der Waals surface area (Å²) in [5.74, 6) is 0.894. The lowest BCUT2D eigenvalue weighted by Crippen LogP contribution is -2.58. The molecular formula is C33H55N5O6. The summed E-state index contributed by atoms with van der Waals surface area (Å²) in [5, 5.41) is 9.47. The minimum absolute atomic E-state index is 0.00265. The molecule has 2 atom stereocenters. The van der Waals surface area contributed by atoms with Crippen LogP contribution >= 0.6 is 0 Å². The van der Waals surface area contributed by atoms with Crippen LogP contribution in [0.4, 0.5) is 4.79 Å². The Morgan fingerprint density at radius 3 is 2.41 bits per heavy atom. The van der Waals surface area contributed by atoms with Gasteiger partial charge in [-0.2, -0.15) is 0 Å². The van der Waals surface area contributed by atoms with Crippen molar-refractivity contribution in [3.8, 4) is 0 Å². The summed E-state index contributed by atoms with van der Waals surface area (Å²) in [6, 6.07) is -0.361. The van der Waals surface area contributed by atoms with E-state index in [-0.39, 0.29) is 36.9 Å². The highest BCUT2D eigenvalue weighted by Gasteiger charge is 2.41. The molecule has 248 valence electrons. The Morgan fingerprint density at radius 2 is 1.77 bits per heavy atom. The van der Waals surface area contributed by atoms with Gasteiger partial charge in [-0.1, -0.05) is 33.1 Å². The van der Waals surface area contributed by atoms with E-state index in [9.17, 15) is 19.5 Å². The molecule has 2 aliphatic heterocycles. The fourth-order valence-electron chi connectivity index (χ4n) is 6.80. The minimum Gasteiger partial charge on any atom is -0.444 e. The Kier molecular flexibility index (Phi) is 12.1.